The van der Waals surface area contributed by atoms with Gasteiger partial charge < -0.3 is 24.6 Å². The Morgan fingerprint density at radius 3 is 2.61 bits per heavy atom. The van der Waals surface area contributed by atoms with E-state index in [-0.39, 0.29) is 5.92 Å². The van der Waals surface area contributed by atoms with Gasteiger partial charge in [0.2, 0.25) is 0 Å². The number of benzene rings is 1. The minimum absolute atomic E-state index is 0.167. The van der Waals surface area contributed by atoms with Crippen molar-refractivity contribution in [2.75, 3.05) is 64.2 Å². The number of likely N-dealkylation sites (N-methyl/N-ethyl adjacent to an activating group) is 1. The highest BCUT2D eigenvalue weighted by Gasteiger charge is 2.13. The van der Waals surface area contributed by atoms with Crippen LogP contribution in [0.2, 0.25) is 0 Å². The molecule has 1 aliphatic heterocycles. The number of imidazole rings is 1. The van der Waals surface area contributed by atoms with Gasteiger partial charge in [0.15, 0.2) is 5.82 Å². The molecular formula is C29H37FN8O3. The van der Waals surface area contributed by atoms with Crippen molar-refractivity contribution in [2.45, 2.75) is 19.8 Å². The molecule has 1 aliphatic rings. The molecule has 0 bridgehead atoms. The Hall–Kier alpha value is -4.47. The third-order valence-electron chi connectivity index (χ3n) is 6.11. The van der Waals surface area contributed by atoms with Crippen molar-refractivity contribution in [3.63, 3.8) is 0 Å². The number of urea groups is 1. The van der Waals surface area contributed by atoms with Gasteiger partial charge in [-0.25, -0.2) is 9.78 Å². The first-order valence-corrected chi connectivity index (χ1v) is 13.2. The fourth-order valence-electron chi connectivity index (χ4n) is 3.77. The Morgan fingerprint density at radius 1 is 1.22 bits per heavy atom. The van der Waals surface area contributed by atoms with Crippen LogP contribution in [-0.4, -0.2) is 90.7 Å². The minimum Gasteiger partial charge on any atom is -0.492 e. The summed E-state index contributed by atoms with van der Waals surface area (Å²) in [7, 11) is 2.65. The van der Waals surface area contributed by atoms with Crippen LogP contribution in [0.5, 0.6) is 5.75 Å². The molecule has 0 saturated carbocycles. The van der Waals surface area contributed by atoms with Gasteiger partial charge >= 0.3 is 6.03 Å². The van der Waals surface area contributed by atoms with Crippen molar-refractivity contribution < 1.29 is 18.4 Å². The first kappa shape index (κ1) is 31.1. The maximum atomic E-state index is 12.2. The largest absolute Gasteiger partial charge is 0.492 e. The molecule has 11 nitrogen and oxygen atoms in total. The molecular weight excluding hydrogens is 527 g/mol. The molecule has 4 N–H and O–H groups in total. The second kappa shape index (κ2) is 16.0. The first-order valence-electron chi connectivity index (χ1n) is 13.2. The van der Waals surface area contributed by atoms with E-state index in [1.165, 1.54) is 6.20 Å². The number of halogens is 1. The molecule has 0 aliphatic carbocycles. The maximum Gasteiger partial charge on any atom is 0.326 e. The van der Waals surface area contributed by atoms with E-state index < -0.39 is 6.03 Å². The van der Waals surface area contributed by atoms with Crippen LogP contribution in [0.15, 0.2) is 46.6 Å². The predicted molar refractivity (Wildman–Crippen MR) is 158 cm³/mol. The van der Waals surface area contributed by atoms with Crippen molar-refractivity contribution in [3.05, 3.63) is 59.2 Å². The molecule has 3 aromatic rings. The van der Waals surface area contributed by atoms with E-state index in [4.69, 9.17) is 14.7 Å². The van der Waals surface area contributed by atoms with Crippen LogP contribution in [0.3, 0.4) is 0 Å². The normalized spacial score (nSPS) is 14.0. The van der Waals surface area contributed by atoms with Crippen LogP contribution in [0, 0.1) is 17.3 Å². The van der Waals surface area contributed by atoms with Crippen LogP contribution in [0.4, 0.5) is 20.8 Å². The number of carbonyl (C=O) groups excluding carboxylic acids is 1. The van der Waals surface area contributed by atoms with Gasteiger partial charge in [0.05, 0.1) is 13.4 Å². The first-order chi connectivity index (χ1) is 19.9. The van der Waals surface area contributed by atoms with Crippen LogP contribution < -0.4 is 15.4 Å². The monoisotopic (exact) mass is 564 g/mol. The lowest BCUT2D eigenvalue weighted by Gasteiger charge is -2.32. The lowest BCUT2D eigenvalue weighted by atomic mass is 10.2. The Balaban J connectivity index is 0.00000226. The summed E-state index contributed by atoms with van der Waals surface area (Å²) in [6, 6.07) is 8.78. The number of nitrogens with one attached hydrogen (secondary N) is 4. The number of piperazine rings is 1. The highest BCUT2D eigenvalue weighted by molar-refractivity contribution is 5.98. The molecule has 1 aromatic carbocycles. The number of H-pyrrole nitrogens is 1. The third kappa shape index (κ3) is 10.2. The second-order valence-electron chi connectivity index (χ2n) is 9.54. The topological polar surface area (TPSA) is 135 Å². The number of rotatable bonds is 9. The van der Waals surface area contributed by atoms with Gasteiger partial charge in [0.25, 0.3) is 0 Å². The fourth-order valence-corrected chi connectivity index (χ4v) is 3.77. The number of hydrogen-bond acceptors (Lipinski definition) is 8. The minimum atomic E-state index is -0.489. The summed E-state index contributed by atoms with van der Waals surface area (Å²) in [6.07, 6.45) is 4.26. The summed E-state index contributed by atoms with van der Waals surface area (Å²) in [4.78, 5) is 24.2. The molecule has 2 aromatic heterocycles. The molecule has 4 rings (SSSR count). The maximum absolute atomic E-state index is 12.2. The number of ether oxygens (including phenoxy) is 1. The summed E-state index contributed by atoms with van der Waals surface area (Å²) in [6.45, 7) is 9.85. The zero-order chi connectivity index (χ0) is 29.6. The standard InChI is InChI=1S/C28H34N8O3.CH3F/c1-20(2)24-17-26(34-39-24)32-28(37)33-27-19-30-25(31-27)16-22(18-29)5-4-21-6-8-23(9-7-21)38-15-14-36-12-10-35(3)11-13-36;1-2/h6-9,16-20,29H,10-15H2,1-3H3,(H,30,31)(H2,32,33,34,37);1H3/b22-16-,29-18?;. The average molecular weight is 565 g/mol. The molecule has 218 valence electrons. The summed E-state index contributed by atoms with van der Waals surface area (Å²) in [5.74, 6) is 8.84. The molecule has 41 heavy (non-hydrogen) atoms. The molecule has 3 heterocycles. The van der Waals surface area contributed by atoms with Crippen LogP contribution in [-0.2, 0) is 0 Å². The molecule has 2 amide bonds. The molecule has 12 heteroatoms. The van der Waals surface area contributed by atoms with E-state index in [0.717, 1.165) is 50.3 Å². The van der Waals surface area contributed by atoms with Gasteiger partial charge in [-0.3, -0.25) is 19.9 Å². The Kier molecular flexibility index (Phi) is 12.1. The number of amides is 2. The summed E-state index contributed by atoms with van der Waals surface area (Å²) < 4.78 is 20.6. The van der Waals surface area contributed by atoms with Crippen molar-refractivity contribution >= 4 is 30.0 Å². The molecule has 1 saturated heterocycles. The number of alkyl halides is 1. The lowest BCUT2D eigenvalue weighted by molar-refractivity contribution is 0.134. The van der Waals surface area contributed by atoms with Gasteiger partial charge in [-0.05, 0) is 37.4 Å². The summed E-state index contributed by atoms with van der Waals surface area (Å²) >= 11 is 0. The molecule has 0 atom stereocenters. The van der Waals surface area contributed by atoms with Crippen LogP contribution in [0.25, 0.3) is 6.08 Å². The van der Waals surface area contributed by atoms with Crippen molar-refractivity contribution in [2.24, 2.45) is 0 Å². The second-order valence-corrected chi connectivity index (χ2v) is 9.54. The van der Waals surface area contributed by atoms with Crippen molar-refractivity contribution in [1.29, 1.82) is 5.41 Å². The van der Waals surface area contributed by atoms with Gasteiger partial charge in [0.1, 0.15) is 29.8 Å². The Labute approximate surface area is 239 Å². The van der Waals surface area contributed by atoms with Crippen LogP contribution in [0.1, 0.15) is 36.9 Å². The SMILES string of the molecule is CC(C)c1cc(NC(=O)Nc2cnc(/C=C(/C#Cc3ccc(OCCN4CCN(C)CC4)cc3)C=N)[nH]2)no1.CF. The summed E-state index contributed by atoms with van der Waals surface area (Å²) in [5.41, 5.74) is 1.26. The van der Waals surface area contributed by atoms with E-state index >= 15 is 0 Å². The molecule has 0 unspecified atom stereocenters. The quantitative estimate of drug-likeness (QED) is 0.223. The van der Waals surface area contributed by atoms with E-state index in [9.17, 15) is 9.18 Å². The van der Waals surface area contributed by atoms with Crippen molar-refractivity contribution in [1.82, 2.24) is 24.9 Å². The molecule has 0 spiro atoms. The molecule has 1 fully saturated rings. The lowest BCUT2D eigenvalue weighted by Crippen LogP contribution is -2.45. The zero-order valence-corrected chi connectivity index (χ0v) is 23.8. The number of anilines is 2. The van der Waals surface area contributed by atoms with Crippen molar-refractivity contribution in [3.8, 4) is 17.6 Å². The van der Waals surface area contributed by atoms with Crippen LogP contribution >= 0.6 is 0 Å². The van der Waals surface area contributed by atoms with E-state index in [2.05, 4.69) is 54.4 Å². The van der Waals surface area contributed by atoms with E-state index in [0.29, 0.717) is 42.6 Å². The number of aromatic amines is 1. The average Bonchev–Trinajstić information content (AvgIpc) is 3.63. The highest BCUT2D eigenvalue weighted by Crippen LogP contribution is 2.18. The fraction of sp³-hybridized carbons (Fsp3) is 0.379. The Bertz CT molecular complexity index is 1350. The number of nitrogens with zero attached hydrogens (tertiary/aromatic N) is 4. The van der Waals surface area contributed by atoms with E-state index in [1.54, 1.807) is 12.1 Å². The van der Waals surface area contributed by atoms with Gasteiger partial charge in [-0.15, -0.1) is 0 Å². The van der Waals surface area contributed by atoms with Gasteiger partial charge in [-0.2, -0.15) is 0 Å². The van der Waals surface area contributed by atoms with E-state index in [1.807, 2.05) is 38.1 Å². The Morgan fingerprint density at radius 2 is 1.95 bits per heavy atom. The number of hydrogen-bond donors (Lipinski definition) is 4. The summed E-state index contributed by atoms with van der Waals surface area (Å²) in [5, 5.41) is 16.8. The van der Waals surface area contributed by atoms with Gasteiger partial charge in [-0.1, -0.05) is 30.8 Å². The molecule has 0 radical (unpaired) electrons. The smallest absolute Gasteiger partial charge is 0.326 e. The predicted octanol–water partition coefficient (Wildman–Crippen LogP) is 4.46. The zero-order valence-electron chi connectivity index (χ0n) is 23.8. The number of carbonyl (C=O) groups is 1. The third-order valence-corrected chi connectivity index (χ3v) is 6.11. The van der Waals surface area contributed by atoms with Gasteiger partial charge in [0, 0.05) is 62.1 Å². The number of aromatic nitrogens is 3. The highest BCUT2D eigenvalue weighted by atomic mass is 19.1. The number of allylic oxidation sites excluding steroid dienone is 1.